The van der Waals surface area contributed by atoms with Crippen LogP contribution in [0.4, 0.5) is 18.9 Å². The maximum absolute atomic E-state index is 14.2. The summed E-state index contributed by atoms with van der Waals surface area (Å²) in [4.78, 5) is 2.26. The van der Waals surface area contributed by atoms with Crippen LogP contribution in [-0.2, 0) is 4.74 Å². The monoisotopic (exact) mass is 498 g/mol. The zero-order valence-corrected chi connectivity index (χ0v) is 21.2. The minimum atomic E-state index is -4.88. The number of nitriles is 3. The Labute approximate surface area is 212 Å². The van der Waals surface area contributed by atoms with Crippen molar-refractivity contribution in [1.29, 1.82) is 15.8 Å². The molecule has 1 heterocycles. The molecular weight excluding hydrogens is 465 g/mol. The smallest absolute Gasteiger partial charge is 0.432 e. The van der Waals surface area contributed by atoms with Gasteiger partial charge in [-0.15, -0.1) is 0 Å². The highest BCUT2D eigenvalue weighted by Gasteiger charge is 2.61. The minimum Gasteiger partial charge on any atom is -0.470 e. The summed E-state index contributed by atoms with van der Waals surface area (Å²) >= 11 is 0. The van der Waals surface area contributed by atoms with E-state index in [2.05, 4.69) is 18.7 Å². The third-order valence-corrected chi connectivity index (χ3v) is 6.45. The highest BCUT2D eigenvalue weighted by molar-refractivity contribution is 5.85. The summed E-state index contributed by atoms with van der Waals surface area (Å²) in [5.41, 5.74) is -3.30. The van der Waals surface area contributed by atoms with Gasteiger partial charge in [-0.3, -0.25) is 0 Å². The van der Waals surface area contributed by atoms with Gasteiger partial charge >= 0.3 is 6.18 Å². The molecule has 36 heavy (non-hydrogen) atoms. The van der Waals surface area contributed by atoms with Crippen LogP contribution >= 0.6 is 0 Å². The predicted octanol–water partition coefficient (Wildman–Crippen LogP) is 7.58. The number of hydrogen-bond acceptors (Lipinski definition) is 5. The van der Waals surface area contributed by atoms with Crippen LogP contribution in [-0.4, -0.2) is 24.9 Å². The molecule has 1 aliphatic rings. The van der Waals surface area contributed by atoms with Crippen molar-refractivity contribution in [3.05, 3.63) is 46.7 Å². The lowest BCUT2D eigenvalue weighted by molar-refractivity contribution is -0.229. The predicted molar refractivity (Wildman–Crippen MR) is 133 cm³/mol. The average Bonchev–Trinajstić information content (AvgIpc) is 3.17. The van der Waals surface area contributed by atoms with Crippen molar-refractivity contribution >= 4 is 11.3 Å². The molecule has 0 saturated heterocycles. The van der Waals surface area contributed by atoms with E-state index in [9.17, 15) is 29.0 Å². The summed E-state index contributed by atoms with van der Waals surface area (Å²) < 4.78 is 47.7. The second-order valence-electron chi connectivity index (χ2n) is 9.08. The number of unbranched alkanes of at least 4 members (excludes halogenated alkanes) is 6. The molecule has 1 atom stereocenters. The lowest BCUT2D eigenvalue weighted by Gasteiger charge is -2.30. The number of halogens is 3. The van der Waals surface area contributed by atoms with Crippen LogP contribution in [0.1, 0.15) is 77.7 Å². The molecule has 0 spiro atoms. The van der Waals surface area contributed by atoms with Crippen molar-refractivity contribution in [2.45, 2.75) is 83.9 Å². The first-order valence-corrected chi connectivity index (χ1v) is 12.5. The molecule has 5 nitrogen and oxygen atoms in total. The fourth-order valence-electron chi connectivity index (χ4n) is 4.35. The first-order valence-electron chi connectivity index (χ1n) is 12.5. The topological polar surface area (TPSA) is 83.8 Å². The Bertz CT molecular complexity index is 1060. The third-order valence-electron chi connectivity index (χ3n) is 6.45. The van der Waals surface area contributed by atoms with Gasteiger partial charge in [0, 0.05) is 24.4 Å². The van der Waals surface area contributed by atoms with Gasteiger partial charge in [0.05, 0.1) is 0 Å². The average molecular weight is 499 g/mol. The van der Waals surface area contributed by atoms with Crippen LogP contribution < -0.4 is 4.90 Å². The summed E-state index contributed by atoms with van der Waals surface area (Å²) in [6.07, 6.45) is 4.02. The minimum absolute atomic E-state index is 0.164. The zero-order valence-electron chi connectivity index (χ0n) is 21.2. The van der Waals surface area contributed by atoms with Crippen LogP contribution in [0.5, 0.6) is 0 Å². The van der Waals surface area contributed by atoms with Gasteiger partial charge in [0.1, 0.15) is 23.8 Å². The van der Waals surface area contributed by atoms with Gasteiger partial charge in [0.2, 0.25) is 5.60 Å². The Hall–Kier alpha value is -3.44. The maximum Gasteiger partial charge on any atom is 0.432 e. The molecule has 1 unspecified atom stereocenters. The number of rotatable bonds is 12. The SMILES string of the molecule is CCCCCCN(CCCCCC)c1ccc(C2=C(C#N)C(=C(C#N)C#N)OC2(C)C(F)(F)F)cc1. The Kier molecular flexibility index (Phi) is 10.4. The maximum atomic E-state index is 14.2. The second kappa shape index (κ2) is 13.0. The third kappa shape index (κ3) is 6.41. The second-order valence-corrected chi connectivity index (χ2v) is 9.08. The number of benzene rings is 1. The number of alkyl halides is 3. The molecule has 192 valence electrons. The number of nitrogens with zero attached hydrogens (tertiary/aromatic N) is 4. The van der Waals surface area contributed by atoms with Crippen molar-refractivity contribution in [2.75, 3.05) is 18.0 Å². The Morgan fingerprint density at radius 1 is 0.889 bits per heavy atom. The van der Waals surface area contributed by atoms with Crippen molar-refractivity contribution in [3.63, 3.8) is 0 Å². The van der Waals surface area contributed by atoms with E-state index in [-0.39, 0.29) is 11.1 Å². The van der Waals surface area contributed by atoms with Gasteiger partial charge in [-0.1, -0.05) is 64.5 Å². The Morgan fingerprint density at radius 2 is 1.42 bits per heavy atom. The van der Waals surface area contributed by atoms with Gasteiger partial charge in [-0.05, 0) is 37.5 Å². The van der Waals surface area contributed by atoms with Gasteiger partial charge in [0.15, 0.2) is 11.3 Å². The van der Waals surface area contributed by atoms with E-state index in [0.29, 0.717) is 0 Å². The molecule has 1 aromatic carbocycles. The van der Waals surface area contributed by atoms with Crippen molar-refractivity contribution < 1.29 is 17.9 Å². The summed E-state index contributed by atoms with van der Waals surface area (Å²) in [5.74, 6) is -0.630. The van der Waals surface area contributed by atoms with E-state index in [0.717, 1.165) is 77.1 Å². The Morgan fingerprint density at radius 3 is 1.83 bits per heavy atom. The van der Waals surface area contributed by atoms with E-state index in [1.54, 1.807) is 30.3 Å². The molecule has 2 rings (SSSR count). The van der Waals surface area contributed by atoms with Crippen LogP contribution in [0.25, 0.3) is 5.57 Å². The van der Waals surface area contributed by atoms with Crippen LogP contribution in [0, 0.1) is 34.0 Å². The molecule has 8 heteroatoms. The molecule has 1 aliphatic heterocycles. The largest absolute Gasteiger partial charge is 0.470 e. The van der Waals surface area contributed by atoms with E-state index >= 15 is 0 Å². The highest BCUT2D eigenvalue weighted by atomic mass is 19.4. The van der Waals surface area contributed by atoms with E-state index in [4.69, 9.17) is 4.74 Å². The zero-order chi connectivity index (χ0) is 26.8. The normalized spacial score (nSPS) is 17.2. The number of hydrogen-bond donors (Lipinski definition) is 0. The molecule has 0 amide bonds. The summed E-state index contributed by atoms with van der Waals surface area (Å²) in [7, 11) is 0. The molecular formula is C28H33F3N4O. The molecule has 0 saturated carbocycles. The van der Waals surface area contributed by atoms with Crippen molar-refractivity contribution in [2.24, 2.45) is 0 Å². The molecule has 0 aliphatic carbocycles. The first kappa shape index (κ1) is 28.8. The number of anilines is 1. The molecule has 0 fully saturated rings. The highest BCUT2D eigenvalue weighted by Crippen LogP contribution is 2.52. The van der Waals surface area contributed by atoms with Gasteiger partial charge in [-0.25, -0.2) is 0 Å². The van der Waals surface area contributed by atoms with Crippen molar-refractivity contribution in [1.82, 2.24) is 0 Å². The molecule has 1 aromatic rings. The van der Waals surface area contributed by atoms with Crippen LogP contribution in [0.15, 0.2) is 41.2 Å². The summed E-state index contributed by atoms with van der Waals surface area (Å²) in [6.45, 7) is 6.86. The van der Waals surface area contributed by atoms with Gasteiger partial charge in [-0.2, -0.15) is 29.0 Å². The fraction of sp³-hybridized carbons (Fsp3) is 0.536. The molecule has 0 N–H and O–H groups in total. The van der Waals surface area contributed by atoms with E-state index in [1.165, 1.54) is 12.1 Å². The standard InChI is InChI=1S/C28H33F3N4O/c1-4-6-8-10-16-35(17-11-9-7-5-2)23-14-12-21(13-15-23)25-24(20-34)26(22(18-32)19-33)36-27(25,3)28(29,30)31/h12-15H,4-11,16-17H2,1-3H3. The fourth-order valence-corrected chi connectivity index (χ4v) is 4.35. The Balaban J connectivity index is 2.48. The lowest BCUT2D eigenvalue weighted by Crippen LogP contribution is -2.43. The van der Waals surface area contributed by atoms with Crippen LogP contribution in [0.2, 0.25) is 0 Å². The molecule has 0 aromatic heterocycles. The summed E-state index contributed by atoms with van der Waals surface area (Å²) in [5, 5.41) is 28.1. The van der Waals surface area contributed by atoms with Gasteiger partial charge < -0.3 is 9.64 Å². The van der Waals surface area contributed by atoms with Crippen molar-refractivity contribution in [3.8, 4) is 18.2 Å². The van der Waals surface area contributed by atoms with E-state index < -0.39 is 28.7 Å². The number of allylic oxidation sites excluding steroid dienone is 2. The molecule has 0 radical (unpaired) electrons. The quantitative estimate of drug-likeness (QED) is 0.219. The lowest BCUT2D eigenvalue weighted by atomic mass is 9.87. The van der Waals surface area contributed by atoms with E-state index in [1.807, 2.05) is 0 Å². The summed E-state index contributed by atoms with van der Waals surface area (Å²) in [6, 6.07) is 11.5. The first-order chi connectivity index (χ1) is 17.2. The van der Waals surface area contributed by atoms with Gasteiger partial charge in [0.25, 0.3) is 0 Å². The van der Waals surface area contributed by atoms with Crippen LogP contribution in [0.3, 0.4) is 0 Å². The number of ether oxygens (including phenoxy) is 1. The molecule has 0 bridgehead atoms.